The number of fused-ring (bicyclic) bond motifs is 1. The Kier molecular flexibility index (Phi) is 2.46. The molecule has 4 fully saturated rings. The van der Waals surface area contributed by atoms with E-state index in [9.17, 15) is 0 Å². The molecule has 0 aromatic heterocycles. The second-order valence-electron chi connectivity index (χ2n) is 7.20. The van der Waals surface area contributed by atoms with Gasteiger partial charge in [0, 0.05) is 9.49 Å². The molecule has 3 aliphatic carbocycles. The standard InChI is InChI=1S/C15H24S2/c1-13-10-12(13)14-8-6-4-2-3-5-7-9-15(13,11-14)17-16-14/h12H,2-11H2,1H3. The summed E-state index contributed by atoms with van der Waals surface area (Å²) in [5.41, 5.74) is 0.752. The van der Waals surface area contributed by atoms with Gasteiger partial charge < -0.3 is 0 Å². The largest absolute Gasteiger partial charge is 0.0863 e. The molecule has 2 heteroatoms. The lowest BCUT2D eigenvalue weighted by atomic mass is 9.84. The van der Waals surface area contributed by atoms with Crippen molar-refractivity contribution in [1.82, 2.24) is 0 Å². The van der Waals surface area contributed by atoms with Crippen LogP contribution in [0.3, 0.4) is 0 Å². The fourth-order valence-electron chi connectivity index (χ4n) is 5.08. The van der Waals surface area contributed by atoms with Gasteiger partial charge >= 0.3 is 0 Å². The smallest absolute Gasteiger partial charge is 0.0334 e. The Morgan fingerprint density at radius 1 is 0.882 bits per heavy atom. The highest BCUT2D eigenvalue weighted by Crippen LogP contribution is 2.87. The van der Waals surface area contributed by atoms with E-state index in [-0.39, 0.29) is 0 Å². The maximum Gasteiger partial charge on any atom is 0.0334 e. The van der Waals surface area contributed by atoms with Crippen molar-refractivity contribution in [2.75, 3.05) is 0 Å². The van der Waals surface area contributed by atoms with Crippen molar-refractivity contribution >= 4 is 21.6 Å². The maximum absolute atomic E-state index is 2.62. The van der Waals surface area contributed by atoms with Crippen molar-refractivity contribution < 1.29 is 0 Å². The van der Waals surface area contributed by atoms with Gasteiger partial charge in [-0.15, -0.1) is 0 Å². The summed E-state index contributed by atoms with van der Waals surface area (Å²) in [5, 5.41) is 0. The van der Waals surface area contributed by atoms with E-state index in [2.05, 4.69) is 28.5 Å². The molecule has 0 aromatic rings. The van der Waals surface area contributed by atoms with Crippen LogP contribution < -0.4 is 0 Å². The summed E-state index contributed by atoms with van der Waals surface area (Å²) in [6, 6.07) is 0. The van der Waals surface area contributed by atoms with Gasteiger partial charge in [0.15, 0.2) is 0 Å². The third-order valence-corrected chi connectivity index (χ3v) is 10.7. The Labute approximate surface area is 113 Å². The van der Waals surface area contributed by atoms with Crippen molar-refractivity contribution in [1.29, 1.82) is 0 Å². The fraction of sp³-hybridized carbons (Fsp3) is 1.00. The normalized spacial score (nSPS) is 57.4. The summed E-state index contributed by atoms with van der Waals surface area (Å²) in [6.45, 7) is 2.62. The van der Waals surface area contributed by atoms with E-state index in [1.807, 2.05) is 0 Å². The minimum absolute atomic E-state index is 0.701. The average Bonchev–Trinajstić information content (AvgIpc) is 2.83. The number of rotatable bonds is 0. The highest BCUT2D eigenvalue weighted by Gasteiger charge is 2.80. The average molecular weight is 268 g/mol. The first kappa shape index (κ1) is 11.5. The van der Waals surface area contributed by atoms with Gasteiger partial charge in [-0.05, 0) is 37.0 Å². The van der Waals surface area contributed by atoms with Gasteiger partial charge in [-0.3, -0.25) is 0 Å². The maximum atomic E-state index is 2.62. The molecule has 96 valence electrons. The second kappa shape index (κ2) is 3.62. The predicted octanol–water partition coefficient (Wildman–Crippen LogP) is 5.42. The minimum atomic E-state index is 0.701. The summed E-state index contributed by atoms with van der Waals surface area (Å²) in [6.07, 6.45) is 15.2. The molecule has 4 rings (SSSR count). The first-order chi connectivity index (χ1) is 8.21. The zero-order valence-corrected chi connectivity index (χ0v) is 12.6. The quantitative estimate of drug-likeness (QED) is 0.538. The molecule has 4 atom stereocenters. The van der Waals surface area contributed by atoms with E-state index in [1.165, 1.54) is 51.4 Å². The van der Waals surface area contributed by atoms with Crippen molar-refractivity contribution in [3.05, 3.63) is 0 Å². The Balaban J connectivity index is 1.65. The molecule has 0 N–H and O–H groups in total. The Morgan fingerprint density at radius 2 is 1.59 bits per heavy atom. The van der Waals surface area contributed by atoms with E-state index in [0.717, 1.165) is 16.1 Å². The Bertz CT molecular complexity index is 342. The summed E-state index contributed by atoms with van der Waals surface area (Å²) >= 11 is 0. The third kappa shape index (κ3) is 1.40. The van der Waals surface area contributed by atoms with Gasteiger partial charge in [0.2, 0.25) is 0 Å². The van der Waals surface area contributed by atoms with Gasteiger partial charge in [0.25, 0.3) is 0 Å². The molecular weight excluding hydrogens is 244 g/mol. The molecule has 0 amide bonds. The van der Waals surface area contributed by atoms with Gasteiger partial charge in [0.05, 0.1) is 0 Å². The van der Waals surface area contributed by atoms with E-state index < -0.39 is 0 Å². The van der Waals surface area contributed by atoms with E-state index in [4.69, 9.17) is 0 Å². The molecule has 2 bridgehead atoms. The van der Waals surface area contributed by atoms with Crippen molar-refractivity contribution in [3.63, 3.8) is 0 Å². The highest BCUT2D eigenvalue weighted by atomic mass is 33.1. The van der Waals surface area contributed by atoms with Crippen LogP contribution in [0.5, 0.6) is 0 Å². The molecular formula is C15H24S2. The fourth-order valence-corrected chi connectivity index (χ4v) is 10.2. The molecule has 1 saturated heterocycles. The summed E-state index contributed by atoms with van der Waals surface area (Å²) in [7, 11) is 4.64. The van der Waals surface area contributed by atoms with Crippen LogP contribution in [0, 0.1) is 11.3 Å². The van der Waals surface area contributed by atoms with Crippen LogP contribution >= 0.6 is 21.6 Å². The van der Waals surface area contributed by atoms with E-state index in [1.54, 1.807) is 12.8 Å². The molecule has 17 heavy (non-hydrogen) atoms. The lowest BCUT2D eigenvalue weighted by Crippen LogP contribution is -2.30. The molecule has 0 radical (unpaired) electrons. The van der Waals surface area contributed by atoms with Crippen LogP contribution in [0.2, 0.25) is 0 Å². The molecule has 1 aliphatic heterocycles. The molecule has 0 nitrogen and oxygen atoms in total. The van der Waals surface area contributed by atoms with Gasteiger partial charge in [0.1, 0.15) is 0 Å². The summed E-state index contributed by atoms with van der Waals surface area (Å²) in [5.74, 6) is 1.10. The van der Waals surface area contributed by atoms with E-state index >= 15 is 0 Å². The Morgan fingerprint density at radius 3 is 2.41 bits per heavy atom. The SMILES string of the molecule is CC12CC1C13CCCCCCCCC2(C1)SS3. The molecule has 4 aliphatic rings. The number of hydrogen-bond acceptors (Lipinski definition) is 2. The van der Waals surface area contributed by atoms with Crippen LogP contribution in [-0.2, 0) is 0 Å². The van der Waals surface area contributed by atoms with Gasteiger partial charge in [-0.2, -0.15) is 0 Å². The predicted molar refractivity (Wildman–Crippen MR) is 78.4 cm³/mol. The van der Waals surface area contributed by atoms with Crippen molar-refractivity contribution in [2.24, 2.45) is 11.3 Å². The minimum Gasteiger partial charge on any atom is -0.0863 e. The van der Waals surface area contributed by atoms with Crippen LogP contribution in [-0.4, -0.2) is 9.49 Å². The van der Waals surface area contributed by atoms with Crippen LogP contribution in [0.15, 0.2) is 0 Å². The Hall–Kier alpha value is 0.700. The zero-order valence-electron chi connectivity index (χ0n) is 11.0. The van der Waals surface area contributed by atoms with E-state index in [0.29, 0.717) is 4.75 Å². The van der Waals surface area contributed by atoms with Crippen molar-refractivity contribution in [2.45, 2.75) is 80.6 Å². The van der Waals surface area contributed by atoms with Crippen LogP contribution in [0.25, 0.3) is 0 Å². The summed E-state index contributed by atoms with van der Waals surface area (Å²) in [4.78, 5) is 0. The van der Waals surface area contributed by atoms with Crippen molar-refractivity contribution in [3.8, 4) is 0 Å². The molecule has 1 heterocycles. The molecule has 4 unspecified atom stereocenters. The van der Waals surface area contributed by atoms with Crippen LogP contribution in [0.1, 0.15) is 71.1 Å². The highest BCUT2D eigenvalue weighted by molar-refractivity contribution is 8.78. The van der Waals surface area contributed by atoms with Gasteiger partial charge in [-0.25, -0.2) is 0 Å². The topological polar surface area (TPSA) is 0 Å². The lowest BCUT2D eigenvalue weighted by molar-refractivity contribution is 0.367. The first-order valence-electron chi connectivity index (χ1n) is 7.58. The number of hydrogen-bond donors (Lipinski definition) is 0. The molecule has 3 saturated carbocycles. The third-order valence-electron chi connectivity index (χ3n) is 6.30. The first-order valence-corrected chi connectivity index (χ1v) is 9.73. The lowest BCUT2D eigenvalue weighted by Gasteiger charge is -2.33. The van der Waals surface area contributed by atoms with Crippen LogP contribution in [0.4, 0.5) is 0 Å². The van der Waals surface area contributed by atoms with Gasteiger partial charge in [-0.1, -0.05) is 67.0 Å². The zero-order chi connectivity index (χ0) is 11.6. The molecule has 0 aromatic carbocycles. The monoisotopic (exact) mass is 268 g/mol. The second-order valence-corrected chi connectivity index (χ2v) is 10.1. The summed E-state index contributed by atoms with van der Waals surface area (Å²) < 4.78 is 1.43. The molecule has 0 spiro atoms.